The molecule has 29 heavy (non-hydrogen) atoms. The third kappa shape index (κ3) is 4.23. The lowest BCUT2D eigenvalue weighted by Gasteiger charge is -2.41. The van der Waals surface area contributed by atoms with Crippen molar-refractivity contribution in [1.82, 2.24) is 14.8 Å². The second kappa shape index (κ2) is 8.28. The van der Waals surface area contributed by atoms with Gasteiger partial charge in [0.2, 0.25) is 5.76 Å². The summed E-state index contributed by atoms with van der Waals surface area (Å²) in [7, 11) is 0. The highest BCUT2D eigenvalue weighted by Crippen LogP contribution is 2.32. The van der Waals surface area contributed by atoms with Gasteiger partial charge in [-0.3, -0.25) is 9.69 Å². The van der Waals surface area contributed by atoms with Crippen LogP contribution in [0.1, 0.15) is 67.6 Å². The molecule has 3 heterocycles. The van der Waals surface area contributed by atoms with Crippen molar-refractivity contribution in [2.45, 2.75) is 51.1 Å². The molecule has 156 valence electrons. The molecule has 2 saturated heterocycles. The Hall–Kier alpha value is -2.18. The first-order valence-electron chi connectivity index (χ1n) is 10.6. The van der Waals surface area contributed by atoms with E-state index in [1.54, 1.807) is 6.20 Å². The molecule has 0 bridgehead atoms. The number of amides is 1. The molecule has 1 aromatic carbocycles. The molecule has 0 aliphatic carbocycles. The number of benzene rings is 1. The maximum absolute atomic E-state index is 12.9. The van der Waals surface area contributed by atoms with Crippen molar-refractivity contribution in [2.75, 3.05) is 32.8 Å². The minimum absolute atomic E-state index is 0.0906. The second-order valence-electron chi connectivity index (χ2n) is 8.78. The van der Waals surface area contributed by atoms with E-state index in [0.717, 1.165) is 25.9 Å². The molecule has 2 aliphatic rings. The molecule has 1 amide bonds. The first-order valence-corrected chi connectivity index (χ1v) is 10.6. The van der Waals surface area contributed by atoms with Crippen LogP contribution in [0.5, 0.6) is 0 Å². The highest BCUT2D eigenvalue weighted by molar-refractivity contribution is 5.91. The molecule has 4 rings (SSSR count). The topological polar surface area (TPSA) is 58.8 Å². The summed E-state index contributed by atoms with van der Waals surface area (Å²) in [5.74, 6) is 1.22. The van der Waals surface area contributed by atoms with E-state index in [0.29, 0.717) is 37.5 Å². The van der Waals surface area contributed by atoms with E-state index >= 15 is 0 Å². The van der Waals surface area contributed by atoms with Crippen LogP contribution in [0.15, 0.2) is 40.9 Å². The number of likely N-dealkylation sites (tertiary alicyclic amines) is 1. The molecule has 1 atom stereocenters. The molecule has 1 aromatic heterocycles. The van der Waals surface area contributed by atoms with Crippen LogP contribution in [0.4, 0.5) is 0 Å². The van der Waals surface area contributed by atoms with Crippen molar-refractivity contribution < 1.29 is 13.9 Å². The van der Waals surface area contributed by atoms with Crippen LogP contribution in [-0.2, 0) is 4.74 Å². The van der Waals surface area contributed by atoms with Crippen molar-refractivity contribution in [3.63, 3.8) is 0 Å². The van der Waals surface area contributed by atoms with Crippen molar-refractivity contribution in [2.24, 2.45) is 0 Å². The van der Waals surface area contributed by atoms with Crippen molar-refractivity contribution in [3.8, 4) is 0 Å². The lowest BCUT2D eigenvalue weighted by atomic mass is 9.94. The van der Waals surface area contributed by atoms with E-state index in [2.05, 4.69) is 47.1 Å². The van der Waals surface area contributed by atoms with Crippen molar-refractivity contribution >= 4 is 5.91 Å². The number of morpholine rings is 1. The number of carbonyl (C=O) groups is 1. The van der Waals surface area contributed by atoms with E-state index in [1.807, 2.05) is 18.7 Å². The highest BCUT2D eigenvalue weighted by atomic mass is 16.5. The Kier molecular flexibility index (Phi) is 5.74. The van der Waals surface area contributed by atoms with Crippen LogP contribution in [0.25, 0.3) is 0 Å². The Morgan fingerprint density at radius 2 is 1.90 bits per heavy atom. The summed E-state index contributed by atoms with van der Waals surface area (Å²) in [6, 6.07) is 11.0. The van der Waals surface area contributed by atoms with E-state index < -0.39 is 0 Å². The fourth-order valence-corrected chi connectivity index (χ4v) is 4.42. The zero-order valence-electron chi connectivity index (χ0n) is 17.6. The second-order valence-corrected chi connectivity index (χ2v) is 8.78. The third-order valence-electron chi connectivity index (χ3n) is 6.33. The Morgan fingerprint density at radius 3 is 2.59 bits per heavy atom. The normalized spacial score (nSPS) is 21.8. The molecule has 2 aromatic rings. The molecule has 0 N–H and O–H groups in total. The predicted octanol–water partition coefficient (Wildman–Crippen LogP) is 3.87. The number of rotatable bonds is 4. The number of hydrogen-bond acceptors (Lipinski definition) is 5. The SMILES string of the molecule is CC(c1ccccc1)N1CCC(c2ncc(C(=O)N3CCOCC3(C)C)o2)CC1. The largest absolute Gasteiger partial charge is 0.435 e. The zero-order valence-corrected chi connectivity index (χ0v) is 17.6. The van der Waals surface area contributed by atoms with Crippen molar-refractivity contribution in [3.05, 3.63) is 53.7 Å². The zero-order chi connectivity index (χ0) is 20.4. The maximum Gasteiger partial charge on any atom is 0.291 e. The van der Waals surface area contributed by atoms with Gasteiger partial charge in [-0.15, -0.1) is 0 Å². The summed E-state index contributed by atoms with van der Waals surface area (Å²) in [6.45, 7) is 9.99. The predicted molar refractivity (Wildman–Crippen MR) is 111 cm³/mol. The quantitative estimate of drug-likeness (QED) is 0.784. The number of ether oxygens (including phenoxy) is 1. The molecule has 2 fully saturated rings. The number of hydrogen-bond donors (Lipinski definition) is 0. The summed E-state index contributed by atoms with van der Waals surface area (Å²) < 4.78 is 11.5. The summed E-state index contributed by atoms with van der Waals surface area (Å²) in [5, 5.41) is 0. The van der Waals surface area contributed by atoms with Gasteiger partial charge in [-0.25, -0.2) is 4.98 Å². The van der Waals surface area contributed by atoms with Gasteiger partial charge in [0.05, 0.1) is 24.9 Å². The molecule has 1 unspecified atom stereocenters. The van der Waals surface area contributed by atoms with Gasteiger partial charge >= 0.3 is 0 Å². The highest BCUT2D eigenvalue weighted by Gasteiger charge is 2.36. The lowest BCUT2D eigenvalue weighted by Crippen LogP contribution is -2.55. The van der Waals surface area contributed by atoms with Crippen molar-refractivity contribution in [1.29, 1.82) is 0 Å². The standard InChI is InChI=1S/C23H31N3O3/c1-17(18-7-5-4-6-8-18)25-11-9-19(10-12-25)21-24-15-20(29-21)22(27)26-13-14-28-16-23(26,2)3/h4-8,15,17,19H,9-14,16H2,1-3H3. The molecule has 0 radical (unpaired) electrons. The first-order chi connectivity index (χ1) is 14.0. The van der Waals surface area contributed by atoms with Crippen LogP contribution in [0, 0.1) is 0 Å². The van der Waals surface area contributed by atoms with Gasteiger partial charge in [-0.05, 0) is 52.3 Å². The van der Waals surface area contributed by atoms with Crippen LogP contribution in [-0.4, -0.2) is 59.1 Å². The Labute approximate surface area is 172 Å². The fraction of sp³-hybridized carbons (Fsp3) is 0.565. The van der Waals surface area contributed by atoms with Gasteiger partial charge in [-0.1, -0.05) is 30.3 Å². The van der Waals surface area contributed by atoms with Crippen LogP contribution in [0.2, 0.25) is 0 Å². The van der Waals surface area contributed by atoms with Crippen LogP contribution < -0.4 is 0 Å². The summed E-state index contributed by atoms with van der Waals surface area (Å²) >= 11 is 0. The fourth-order valence-electron chi connectivity index (χ4n) is 4.42. The molecule has 0 spiro atoms. The molecular weight excluding hydrogens is 366 g/mol. The van der Waals surface area contributed by atoms with Gasteiger partial charge in [0.15, 0.2) is 5.89 Å². The Morgan fingerprint density at radius 1 is 1.17 bits per heavy atom. The van der Waals surface area contributed by atoms with Gasteiger partial charge in [0.25, 0.3) is 5.91 Å². The molecule has 6 nitrogen and oxygen atoms in total. The van der Waals surface area contributed by atoms with E-state index in [4.69, 9.17) is 9.15 Å². The van der Waals surface area contributed by atoms with E-state index in [1.165, 1.54) is 5.56 Å². The van der Waals surface area contributed by atoms with Gasteiger partial charge in [-0.2, -0.15) is 0 Å². The maximum atomic E-state index is 12.9. The third-order valence-corrected chi connectivity index (χ3v) is 6.33. The number of nitrogens with zero attached hydrogens (tertiary/aromatic N) is 3. The first kappa shape index (κ1) is 20.1. The molecular formula is C23H31N3O3. The van der Waals surface area contributed by atoms with Gasteiger partial charge in [0, 0.05) is 18.5 Å². The summed E-state index contributed by atoms with van der Waals surface area (Å²) in [6.07, 6.45) is 3.59. The average molecular weight is 398 g/mol. The molecule has 0 saturated carbocycles. The number of piperidine rings is 1. The number of oxazole rings is 1. The monoisotopic (exact) mass is 397 g/mol. The van der Waals surface area contributed by atoms with E-state index in [9.17, 15) is 4.79 Å². The summed E-state index contributed by atoms with van der Waals surface area (Å²) in [4.78, 5) is 21.8. The molecule has 2 aliphatic heterocycles. The summed E-state index contributed by atoms with van der Waals surface area (Å²) in [5.41, 5.74) is 1.02. The Bertz CT molecular complexity index is 825. The Balaban J connectivity index is 1.38. The van der Waals surface area contributed by atoms with Gasteiger partial charge in [0.1, 0.15) is 0 Å². The average Bonchev–Trinajstić information content (AvgIpc) is 3.23. The number of aromatic nitrogens is 1. The number of carbonyl (C=O) groups excluding carboxylic acids is 1. The van der Waals surface area contributed by atoms with E-state index in [-0.39, 0.29) is 17.4 Å². The minimum atomic E-state index is -0.332. The molecule has 6 heteroatoms. The van der Waals surface area contributed by atoms with Crippen LogP contribution >= 0.6 is 0 Å². The van der Waals surface area contributed by atoms with Gasteiger partial charge < -0.3 is 14.1 Å². The lowest BCUT2D eigenvalue weighted by molar-refractivity contribution is -0.0383. The minimum Gasteiger partial charge on any atom is -0.435 e. The van der Waals surface area contributed by atoms with Crippen LogP contribution in [0.3, 0.4) is 0 Å². The smallest absolute Gasteiger partial charge is 0.291 e.